The number of aliphatic hydroxyl groups excluding tert-OH is 4. The Morgan fingerprint density at radius 1 is 0.920 bits per heavy atom. The first kappa shape index (κ1) is 18.0. The summed E-state index contributed by atoms with van der Waals surface area (Å²) in [4.78, 5) is 0. The third-order valence-corrected chi connectivity index (χ3v) is 4.83. The van der Waals surface area contributed by atoms with Gasteiger partial charge in [-0.05, 0) is 35.6 Å². The summed E-state index contributed by atoms with van der Waals surface area (Å²) >= 11 is 0. The number of aryl methyl sites for hydroxylation is 1. The van der Waals surface area contributed by atoms with Crippen molar-refractivity contribution in [1.29, 1.82) is 0 Å². The van der Waals surface area contributed by atoms with Crippen LogP contribution in [0.5, 0.6) is 0 Å². The largest absolute Gasteiger partial charge is 0.394 e. The SMILES string of the molecule is Cc1ccc([C@@H]2O[C@H](CO)[C@@H](O)[C@H](O)[C@H]2O)cc1Cc1ccccc1. The fraction of sp³-hybridized carbons (Fsp3) is 0.400. The number of hydrogen-bond acceptors (Lipinski definition) is 5. The molecule has 1 heterocycles. The van der Waals surface area contributed by atoms with Crippen molar-refractivity contribution in [1.82, 2.24) is 0 Å². The Morgan fingerprint density at radius 2 is 1.64 bits per heavy atom. The Morgan fingerprint density at radius 3 is 2.32 bits per heavy atom. The number of benzene rings is 2. The Kier molecular flexibility index (Phi) is 5.51. The van der Waals surface area contributed by atoms with E-state index in [1.165, 1.54) is 5.56 Å². The molecule has 0 amide bonds. The summed E-state index contributed by atoms with van der Waals surface area (Å²) in [6.07, 6.45) is -4.92. The smallest absolute Gasteiger partial charge is 0.113 e. The standard InChI is InChI=1S/C20H24O5/c1-12-7-8-14(10-15(12)9-13-5-3-2-4-6-13)20-19(24)18(23)17(22)16(11-21)25-20/h2-8,10,16-24H,9,11H2,1H3/t16-,17-,18+,19-,20+/m1/s1. The number of hydrogen-bond donors (Lipinski definition) is 4. The molecule has 5 atom stereocenters. The highest BCUT2D eigenvalue weighted by Crippen LogP contribution is 2.33. The highest BCUT2D eigenvalue weighted by Gasteiger charge is 2.43. The Bertz CT molecular complexity index is 700. The van der Waals surface area contributed by atoms with Crippen molar-refractivity contribution >= 4 is 0 Å². The topological polar surface area (TPSA) is 90.2 Å². The molecule has 5 heteroatoms. The van der Waals surface area contributed by atoms with Crippen LogP contribution in [0.3, 0.4) is 0 Å². The van der Waals surface area contributed by atoms with Crippen molar-refractivity contribution in [2.75, 3.05) is 6.61 Å². The second-order valence-electron chi connectivity index (χ2n) is 6.60. The van der Waals surface area contributed by atoms with Crippen molar-refractivity contribution in [2.24, 2.45) is 0 Å². The molecule has 4 N–H and O–H groups in total. The third-order valence-electron chi connectivity index (χ3n) is 4.83. The van der Waals surface area contributed by atoms with E-state index in [0.29, 0.717) is 5.56 Å². The fourth-order valence-electron chi connectivity index (χ4n) is 3.25. The molecule has 2 aromatic carbocycles. The molecule has 0 unspecified atom stereocenters. The molecule has 0 spiro atoms. The van der Waals surface area contributed by atoms with Gasteiger partial charge in [-0.25, -0.2) is 0 Å². The first-order valence-corrected chi connectivity index (χ1v) is 8.45. The van der Waals surface area contributed by atoms with Crippen molar-refractivity contribution in [3.8, 4) is 0 Å². The summed E-state index contributed by atoms with van der Waals surface area (Å²) in [6.45, 7) is 1.60. The van der Waals surface area contributed by atoms with Gasteiger partial charge in [0.15, 0.2) is 0 Å². The minimum atomic E-state index is -1.37. The average molecular weight is 344 g/mol. The molecule has 0 aliphatic carbocycles. The van der Waals surface area contributed by atoms with E-state index in [1.807, 2.05) is 43.3 Å². The predicted octanol–water partition coefficient (Wildman–Crippen LogP) is 1.10. The molecule has 0 radical (unpaired) electrons. The number of aliphatic hydroxyl groups is 4. The first-order chi connectivity index (χ1) is 12.0. The van der Waals surface area contributed by atoms with E-state index in [0.717, 1.165) is 17.5 Å². The molecule has 0 bridgehead atoms. The maximum Gasteiger partial charge on any atom is 0.113 e. The summed E-state index contributed by atoms with van der Waals surface area (Å²) in [6, 6.07) is 15.8. The monoisotopic (exact) mass is 344 g/mol. The molecule has 0 aromatic heterocycles. The lowest BCUT2D eigenvalue weighted by atomic mass is 9.89. The zero-order valence-electron chi connectivity index (χ0n) is 14.1. The van der Waals surface area contributed by atoms with Gasteiger partial charge in [-0.2, -0.15) is 0 Å². The van der Waals surface area contributed by atoms with Gasteiger partial charge in [-0.1, -0.05) is 48.5 Å². The van der Waals surface area contributed by atoms with Crippen LogP contribution >= 0.6 is 0 Å². The van der Waals surface area contributed by atoms with Gasteiger partial charge in [-0.3, -0.25) is 0 Å². The molecule has 3 rings (SSSR count). The summed E-state index contributed by atoms with van der Waals surface area (Å²) in [5.41, 5.74) is 4.11. The van der Waals surface area contributed by atoms with Crippen LogP contribution < -0.4 is 0 Å². The van der Waals surface area contributed by atoms with Crippen LogP contribution in [-0.4, -0.2) is 51.4 Å². The van der Waals surface area contributed by atoms with Gasteiger partial charge in [0.1, 0.15) is 30.5 Å². The molecule has 1 fully saturated rings. The minimum absolute atomic E-state index is 0.426. The molecule has 1 aliphatic rings. The quantitative estimate of drug-likeness (QED) is 0.667. The summed E-state index contributed by atoms with van der Waals surface area (Å²) in [7, 11) is 0. The summed E-state index contributed by atoms with van der Waals surface area (Å²) < 4.78 is 5.65. The maximum absolute atomic E-state index is 10.3. The predicted molar refractivity (Wildman–Crippen MR) is 93.1 cm³/mol. The molecular formula is C20H24O5. The van der Waals surface area contributed by atoms with E-state index in [-0.39, 0.29) is 0 Å². The van der Waals surface area contributed by atoms with E-state index < -0.39 is 37.1 Å². The number of ether oxygens (including phenoxy) is 1. The van der Waals surface area contributed by atoms with Gasteiger partial charge in [0, 0.05) is 0 Å². The van der Waals surface area contributed by atoms with Gasteiger partial charge in [-0.15, -0.1) is 0 Å². The van der Waals surface area contributed by atoms with E-state index >= 15 is 0 Å². The van der Waals surface area contributed by atoms with Crippen molar-refractivity contribution < 1.29 is 25.2 Å². The average Bonchev–Trinajstić information content (AvgIpc) is 2.63. The lowest BCUT2D eigenvalue weighted by Crippen LogP contribution is -2.55. The Labute approximate surface area is 147 Å². The molecule has 0 saturated carbocycles. The van der Waals surface area contributed by atoms with E-state index in [9.17, 15) is 20.4 Å². The van der Waals surface area contributed by atoms with Crippen LogP contribution in [0.25, 0.3) is 0 Å². The highest BCUT2D eigenvalue weighted by atomic mass is 16.5. The van der Waals surface area contributed by atoms with E-state index in [2.05, 4.69) is 12.1 Å². The van der Waals surface area contributed by atoms with Crippen molar-refractivity contribution in [2.45, 2.75) is 43.9 Å². The second-order valence-corrected chi connectivity index (χ2v) is 6.60. The third kappa shape index (κ3) is 3.76. The minimum Gasteiger partial charge on any atom is -0.394 e. The van der Waals surface area contributed by atoms with Crippen LogP contribution in [0.4, 0.5) is 0 Å². The van der Waals surface area contributed by atoms with Gasteiger partial charge in [0.05, 0.1) is 6.61 Å². The van der Waals surface area contributed by atoms with Crippen LogP contribution in [0.1, 0.15) is 28.4 Å². The molecule has 2 aromatic rings. The van der Waals surface area contributed by atoms with Crippen molar-refractivity contribution in [3.05, 3.63) is 70.8 Å². The fourth-order valence-corrected chi connectivity index (χ4v) is 3.25. The molecule has 5 nitrogen and oxygen atoms in total. The van der Waals surface area contributed by atoms with Gasteiger partial charge in [0.2, 0.25) is 0 Å². The first-order valence-electron chi connectivity index (χ1n) is 8.45. The normalized spacial score (nSPS) is 29.6. The summed E-state index contributed by atoms with van der Waals surface area (Å²) in [5, 5.41) is 39.6. The van der Waals surface area contributed by atoms with Crippen LogP contribution in [0, 0.1) is 6.92 Å². The van der Waals surface area contributed by atoms with Crippen LogP contribution in [0.2, 0.25) is 0 Å². The van der Waals surface area contributed by atoms with Gasteiger partial charge < -0.3 is 25.2 Å². The maximum atomic E-state index is 10.3. The van der Waals surface area contributed by atoms with E-state index in [1.54, 1.807) is 0 Å². The summed E-state index contributed by atoms with van der Waals surface area (Å²) in [5.74, 6) is 0. The van der Waals surface area contributed by atoms with Crippen LogP contribution in [0.15, 0.2) is 48.5 Å². The second kappa shape index (κ2) is 7.64. The zero-order chi connectivity index (χ0) is 18.0. The lowest BCUT2D eigenvalue weighted by molar-refractivity contribution is -0.231. The molecule has 1 saturated heterocycles. The molecular weight excluding hydrogens is 320 g/mol. The van der Waals surface area contributed by atoms with E-state index in [4.69, 9.17) is 4.74 Å². The van der Waals surface area contributed by atoms with Crippen LogP contribution in [-0.2, 0) is 11.2 Å². The molecule has 1 aliphatic heterocycles. The molecule has 25 heavy (non-hydrogen) atoms. The van der Waals surface area contributed by atoms with Crippen molar-refractivity contribution in [3.63, 3.8) is 0 Å². The van der Waals surface area contributed by atoms with Gasteiger partial charge in [0.25, 0.3) is 0 Å². The lowest BCUT2D eigenvalue weighted by Gasteiger charge is -2.40. The highest BCUT2D eigenvalue weighted by molar-refractivity contribution is 5.37. The Hall–Kier alpha value is -1.76. The zero-order valence-corrected chi connectivity index (χ0v) is 14.1. The Balaban J connectivity index is 1.88. The van der Waals surface area contributed by atoms with Gasteiger partial charge >= 0.3 is 0 Å². The molecule has 134 valence electrons. The number of rotatable bonds is 4.